The summed E-state index contributed by atoms with van der Waals surface area (Å²) in [5, 5.41) is 6.49. The number of nitrogens with zero attached hydrogens (tertiary/aromatic N) is 1. The van der Waals surface area contributed by atoms with Crippen molar-refractivity contribution in [2.45, 2.75) is 65.0 Å². The molecule has 1 atom stereocenters. The molecule has 2 aromatic rings. The Morgan fingerprint density at radius 2 is 1.59 bits per heavy atom. The molecule has 0 aromatic heterocycles. The Bertz CT molecular complexity index is 971. The normalized spacial score (nSPS) is 19.2. The number of hydrogen-bond acceptors (Lipinski definition) is 3. The van der Waals surface area contributed by atoms with E-state index >= 15 is 0 Å². The second kappa shape index (κ2) is 9.35. The summed E-state index contributed by atoms with van der Waals surface area (Å²) >= 11 is 0. The van der Waals surface area contributed by atoms with Gasteiger partial charge >= 0.3 is 0 Å². The second-order valence-corrected chi connectivity index (χ2v) is 10.1. The van der Waals surface area contributed by atoms with Crippen LogP contribution in [-0.4, -0.2) is 30.9 Å². The van der Waals surface area contributed by atoms with Crippen molar-refractivity contribution in [1.82, 2.24) is 10.6 Å². The van der Waals surface area contributed by atoms with Crippen molar-refractivity contribution < 1.29 is 9.59 Å². The van der Waals surface area contributed by atoms with Crippen LogP contribution in [-0.2, 0) is 11.2 Å². The summed E-state index contributed by atoms with van der Waals surface area (Å²) in [5.41, 5.74) is 3.93. The van der Waals surface area contributed by atoms with Gasteiger partial charge < -0.3 is 15.5 Å². The number of carbonyl (C=O) groups excluding carboxylic acids is 2. The van der Waals surface area contributed by atoms with Gasteiger partial charge in [0.15, 0.2) is 0 Å². The van der Waals surface area contributed by atoms with Crippen LogP contribution in [0.25, 0.3) is 0 Å². The number of fused-ring (bicyclic) bond motifs is 1. The molecule has 5 nitrogen and oxygen atoms in total. The molecule has 2 N–H and O–H groups in total. The monoisotopic (exact) mass is 433 g/mol. The zero-order valence-corrected chi connectivity index (χ0v) is 19.5. The lowest BCUT2D eigenvalue weighted by Gasteiger charge is -2.36. The first-order chi connectivity index (χ1) is 15.3. The molecule has 170 valence electrons. The molecule has 4 rings (SSSR count). The predicted octanol–water partition coefficient (Wildman–Crippen LogP) is 4.63. The maximum Gasteiger partial charge on any atom is 0.253 e. The van der Waals surface area contributed by atoms with Gasteiger partial charge in [0.25, 0.3) is 5.91 Å². The average molecular weight is 434 g/mol. The molecule has 1 aliphatic heterocycles. The largest absolute Gasteiger partial charge is 0.371 e. The first kappa shape index (κ1) is 22.4. The Hall–Kier alpha value is -2.82. The number of anilines is 1. The molecule has 2 amide bonds. The smallest absolute Gasteiger partial charge is 0.253 e. The predicted molar refractivity (Wildman–Crippen MR) is 129 cm³/mol. The molecular formula is C27H35N3O2. The van der Waals surface area contributed by atoms with Crippen LogP contribution >= 0.6 is 0 Å². The van der Waals surface area contributed by atoms with E-state index in [9.17, 15) is 9.59 Å². The van der Waals surface area contributed by atoms with Crippen molar-refractivity contribution in [2.24, 2.45) is 5.41 Å². The van der Waals surface area contributed by atoms with E-state index in [2.05, 4.69) is 39.8 Å². The first-order valence-corrected chi connectivity index (χ1v) is 11.9. The van der Waals surface area contributed by atoms with Crippen molar-refractivity contribution in [2.75, 3.05) is 18.0 Å². The molecule has 1 fully saturated rings. The van der Waals surface area contributed by atoms with Crippen LogP contribution in [0.2, 0.25) is 0 Å². The third-order valence-electron chi connectivity index (χ3n) is 6.68. The van der Waals surface area contributed by atoms with E-state index in [-0.39, 0.29) is 29.3 Å². The van der Waals surface area contributed by atoms with E-state index < -0.39 is 0 Å². The number of carbonyl (C=O) groups is 2. The molecule has 1 heterocycles. The minimum Gasteiger partial charge on any atom is -0.371 e. The van der Waals surface area contributed by atoms with Crippen LogP contribution in [0.1, 0.15) is 74.0 Å². The number of piperidine rings is 1. The van der Waals surface area contributed by atoms with Gasteiger partial charge in [-0.2, -0.15) is 0 Å². The molecule has 2 aromatic carbocycles. The Balaban J connectivity index is 1.43. The molecular weight excluding hydrogens is 398 g/mol. The van der Waals surface area contributed by atoms with Crippen molar-refractivity contribution in [3.05, 3.63) is 65.2 Å². The third kappa shape index (κ3) is 4.98. The number of aryl methyl sites for hydroxylation is 1. The van der Waals surface area contributed by atoms with E-state index in [4.69, 9.17) is 0 Å². The van der Waals surface area contributed by atoms with Gasteiger partial charge in [-0.1, -0.05) is 57.2 Å². The molecule has 0 bridgehead atoms. The third-order valence-corrected chi connectivity index (χ3v) is 6.68. The van der Waals surface area contributed by atoms with Crippen LogP contribution in [0.5, 0.6) is 0 Å². The molecule has 5 heteroatoms. The first-order valence-electron chi connectivity index (χ1n) is 11.9. The summed E-state index contributed by atoms with van der Waals surface area (Å²) in [4.78, 5) is 27.9. The van der Waals surface area contributed by atoms with Gasteiger partial charge in [0.1, 0.15) is 0 Å². The molecule has 0 spiro atoms. The minimum absolute atomic E-state index is 0.00883. The highest BCUT2D eigenvalue weighted by molar-refractivity contribution is 6.00. The average Bonchev–Trinajstić information content (AvgIpc) is 2.79. The van der Waals surface area contributed by atoms with Crippen LogP contribution < -0.4 is 15.5 Å². The van der Waals surface area contributed by atoms with Crippen LogP contribution in [0, 0.1) is 5.41 Å². The highest BCUT2D eigenvalue weighted by atomic mass is 16.2. The van der Waals surface area contributed by atoms with Crippen LogP contribution in [0.3, 0.4) is 0 Å². The van der Waals surface area contributed by atoms with E-state index in [1.807, 2.05) is 45.0 Å². The second-order valence-electron chi connectivity index (χ2n) is 10.1. The topological polar surface area (TPSA) is 61.4 Å². The quantitative estimate of drug-likeness (QED) is 0.739. The number of rotatable bonds is 4. The number of hydrogen-bond donors (Lipinski definition) is 2. The summed E-state index contributed by atoms with van der Waals surface area (Å²) < 4.78 is 0. The maximum absolute atomic E-state index is 13.3. The summed E-state index contributed by atoms with van der Waals surface area (Å²) in [6.45, 7) is 7.47. The lowest BCUT2D eigenvalue weighted by Crippen LogP contribution is -2.48. The SMILES string of the molecule is CC(C)(C)C(=O)NC1CCN(c2ccccc2C(=O)N[C@@H]2CCCc3ccccc32)CC1. The maximum atomic E-state index is 13.3. The van der Waals surface area contributed by atoms with Gasteiger partial charge in [-0.25, -0.2) is 0 Å². The standard InChI is InChI=1S/C27H35N3O2/c1-27(2,3)26(32)28-20-15-17-30(18-16-20)24-14-7-6-12-22(24)25(31)29-23-13-8-10-19-9-4-5-11-21(19)23/h4-7,9,11-12,14,20,23H,8,10,13,15-18H2,1-3H3,(H,28,32)(H,29,31)/t23-/m1/s1. The molecule has 0 radical (unpaired) electrons. The van der Waals surface area contributed by atoms with Gasteiger partial charge in [-0.3, -0.25) is 9.59 Å². The summed E-state index contributed by atoms with van der Waals surface area (Å²) in [5.74, 6) is 0.0916. The highest BCUT2D eigenvalue weighted by Gasteiger charge is 2.28. The molecule has 0 unspecified atom stereocenters. The van der Waals surface area contributed by atoms with Gasteiger partial charge in [0.05, 0.1) is 11.6 Å². The summed E-state index contributed by atoms with van der Waals surface area (Å²) in [7, 11) is 0. The Morgan fingerprint density at radius 3 is 2.34 bits per heavy atom. The lowest BCUT2D eigenvalue weighted by atomic mass is 9.87. The van der Waals surface area contributed by atoms with Crippen LogP contribution in [0.4, 0.5) is 5.69 Å². The van der Waals surface area contributed by atoms with Crippen molar-refractivity contribution in [3.63, 3.8) is 0 Å². The molecule has 0 saturated carbocycles. The van der Waals surface area contributed by atoms with E-state index in [1.165, 1.54) is 11.1 Å². The van der Waals surface area contributed by atoms with Crippen molar-refractivity contribution in [3.8, 4) is 0 Å². The molecule has 32 heavy (non-hydrogen) atoms. The summed E-state index contributed by atoms with van der Waals surface area (Å²) in [6, 6.07) is 16.6. The van der Waals surface area contributed by atoms with Gasteiger partial charge in [0, 0.05) is 30.2 Å². The lowest BCUT2D eigenvalue weighted by molar-refractivity contribution is -0.129. The molecule has 1 aliphatic carbocycles. The fourth-order valence-electron chi connectivity index (χ4n) is 4.75. The summed E-state index contributed by atoms with van der Waals surface area (Å²) in [6.07, 6.45) is 4.92. The Morgan fingerprint density at radius 1 is 0.906 bits per heavy atom. The Labute approximate surface area is 191 Å². The molecule has 2 aliphatic rings. The Kier molecular flexibility index (Phi) is 6.54. The minimum atomic E-state index is -0.375. The number of nitrogens with one attached hydrogen (secondary N) is 2. The molecule has 1 saturated heterocycles. The zero-order chi connectivity index (χ0) is 22.7. The van der Waals surface area contributed by atoms with Gasteiger partial charge in [-0.05, 0) is 55.4 Å². The number of benzene rings is 2. The fourth-order valence-corrected chi connectivity index (χ4v) is 4.75. The fraction of sp³-hybridized carbons (Fsp3) is 0.481. The van der Waals surface area contributed by atoms with E-state index in [1.54, 1.807) is 0 Å². The van der Waals surface area contributed by atoms with Crippen molar-refractivity contribution in [1.29, 1.82) is 0 Å². The van der Waals surface area contributed by atoms with Gasteiger partial charge in [0.2, 0.25) is 5.91 Å². The zero-order valence-electron chi connectivity index (χ0n) is 19.5. The van der Waals surface area contributed by atoms with Crippen LogP contribution in [0.15, 0.2) is 48.5 Å². The number of para-hydroxylation sites is 1. The van der Waals surface area contributed by atoms with E-state index in [0.717, 1.165) is 56.4 Å². The van der Waals surface area contributed by atoms with E-state index in [0.29, 0.717) is 0 Å². The van der Waals surface area contributed by atoms with Crippen molar-refractivity contribution >= 4 is 17.5 Å². The van der Waals surface area contributed by atoms with Gasteiger partial charge in [-0.15, -0.1) is 0 Å². The number of amides is 2. The highest BCUT2D eigenvalue weighted by Crippen LogP contribution is 2.31.